The van der Waals surface area contributed by atoms with Gasteiger partial charge in [-0.3, -0.25) is 4.79 Å². The van der Waals surface area contributed by atoms with Crippen LogP contribution in [0.5, 0.6) is 5.75 Å². The summed E-state index contributed by atoms with van der Waals surface area (Å²) in [5.74, 6) is 0.706. The predicted molar refractivity (Wildman–Crippen MR) is 106 cm³/mol. The van der Waals surface area contributed by atoms with Crippen LogP contribution in [0, 0.1) is 6.92 Å². The highest BCUT2D eigenvalue weighted by Crippen LogP contribution is 2.27. The summed E-state index contributed by atoms with van der Waals surface area (Å²) < 4.78 is 5.44. The van der Waals surface area contributed by atoms with Crippen molar-refractivity contribution in [2.24, 2.45) is 0 Å². The summed E-state index contributed by atoms with van der Waals surface area (Å²) >= 11 is 0. The summed E-state index contributed by atoms with van der Waals surface area (Å²) in [6.45, 7) is 3.96. The SMILES string of the molecule is CCCC[C@@H](CC(=O)O)Nc1nc(N)nc(C)c1Cc1ccccc1OC. The summed E-state index contributed by atoms with van der Waals surface area (Å²) in [4.78, 5) is 19.9. The van der Waals surface area contributed by atoms with Crippen molar-refractivity contribution in [3.63, 3.8) is 0 Å². The van der Waals surface area contributed by atoms with E-state index in [0.29, 0.717) is 12.2 Å². The van der Waals surface area contributed by atoms with Gasteiger partial charge in [-0.2, -0.15) is 4.98 Å². The van der Waals surface area contributed by atoms with Crippen LogP contribution in [0.15, 0.2) is 24.3 Å². The quantitative estimate of drug-likeness (QED) is 0.586. The summed E-state index contributed by atoms with van der Waals surface area (Å²) in [5.41, 5.74) is 8.51. The fraction of sp³-hybridized carbons (Fsp3) is 0.450. The molecule has 2 aromatic rings. The molecule has 0 bridgehead atoms. The number of rotatable bonds is 10. The van der Waals surface area contributed by atoms with Crippen molar-refractivity contribution in [2.45, 2.75) is 52.0 Å². The maximum Gasteiger partial charge on any atom is 0.305 e. The van der Waals surface area contributed by atoms with E-state index in [2.05, 4.69) is 22.2 Å². The fourth-order valence-corrected chi connectivity index (χ4v) is 3.07. The Hall–Kier alpha value is -2.83. The first-order chi connectivity index (χ1) is 12.9. The molecule has 1 atom stereocenters. The molecule has 1 aromatic carbocycles. The first-order valence-electron chi connectivity index (χ1n) is 9.17. The van der Waals surface area contributed by atoms with Crippen molar-refractivity contribution in [3.05, 3.63) is 41.1 Å². The molecule has 0 aliphatic carbocycles. The Labute approximate surface area is 160 Å². The monoisotopic (exact) mass is 372 g/mol. The van der Waals surface area contributed by atoms with E-state index >= 15 is 0 Å². The second-order valence-corrected chi connectivity index (χ2v) is 6.56. The Morgan fingerprint density at radius 3 is 2.74 bits per heavy atom. The minimum atomic E-state index is -0.839. The van der Waals surface area contributed by atoms with Crippen LogP contribution in [0.4, 0.5) is 11.8 Å². The lowest BCUT2D eigenvalue weighted by atomic mass is 10.0. The molecular weight excluding hydrogens is 344 g/mol. The number of unbranched alkanes of at least 4 members (excludes halogenated alkanes) is 1. The van der Waals surface area contributed by atoms with E-state index in [1.807, 2.05) is 31.2 Å². The summed E-state index contributed by atoms with van der Waals surface area (Å²) in [6.07, 6.45) is 3.27. The van der Waals surface area contributed by atoms with Gasteiger partial charge < -0.3 is 20.9 Å². The van der Waals surface area contributed by atoms with Gasteiger partial charge in [-0.1, -0.05) is 38.0 Å². The summed E-state index contributed by atoms with van der Waals surface area (Å²) in [7, 11) is 1.64. The van der Waals surface area contributed by atoms with Gasteiger partial charge in [0.05, 0.1) is 13.5 Å². The van der Waals surface area contributed by atoms with Gasteiger partial charge in [0.15, 0.2) is 0 Å². The first-order valence-corrected chi connectivity index (χ1v) is 9.17. The molecular formula is C20H28N4O3. The van der Waals surface area contributed by atoms with E-state index in [4.69, 9.17) is 10.5 Å². The van der Waals surface area contributed by atoms with Gasteiger partial charge in [0.2, 0.25) is 5.95 Å². The zero-order chi connectivity index (χ0) is 19.8. The van der Waals surface area contributed by atoms with Gasteiger partial charge in [0.25, 0.3) is 0 Å². The number of methoxy groups -OCH3 is 1. The Morgan fingerprint density at radius 1 is 1.33 bits per heavy atom. The van der Waals surface area contributed by atoms with Crippen molar-refractivity contribution in [1.82, 2.24) is 9.97 Å². The van der Waals surface area contributed by atoms with Gasteiger partial charge >= 0.3 is 5.97 Å². The predicted octanol–water partition coefficient (Wildman–Crippen LogP) is 3.41. The normalized spacial score (nSPS) is 11.8. The number of hydrogen-bond donors (Lipinski definition) is 3. The third-order valence-corrected chi connectivity index (χ3v) is 4.46. The van der Waals surface area contributed by atoms with E-state index in [1.54, 1.807) is 7.11 Å². The Balaban J connectivity index is 2.35. The molecule has 0 unspecified atom stereocenters. The van der Waals surface area contributed by atoms with E-state index in [9.17, 15) is 9.90 Å². The molecule has 146 valence electrons. The lowest BCUT2D eigenvalue weighted by Crippen LogP contribution is -2.25. The summed E-state index contributed by atoms with van der Waals surface area (Å²) in [5, 5.41) is 12.5. The molecule has 27 heavy (non-hydrogen) atoms. The number of hydrogen-bond acceptors (Lipinski definition) is 6. The lowest BCUT2D eigenvalue weighted by molar-refractivity contribution is -0.137. The molecule has 0 amide bonds. The average Bonchev–Trinajstić information content (AvgIpc) is 2.62. The Kier molecular flexibility index (Phi) is 7.40. The van der Waals surface area contributed by atoms with E-state index < -0.39 is 5.97 Å². The van der Waals surface area contributed by atoms with Gasteiger partial charge in [0.1, 0.15) is 11.6 Å². The number of para-hydroxylation sites is 1. The molecule has 1 heterocycles. The number of nitrogens with zero attached hydrogens (tertiary/aromatic N) is 2. The number of nitrogens with one attached hydrogen (secondary N) is 1. The third kappa shape index (κ3) is 5.84. The number of aliphatic carboxylic acids is 1. The van der Waals surface area contributed by atoms with Crippen LogP contribution in [-0.4, -0.2) is 34.2 Å². The van der Waals surface area contributed by atoms with Gasteiger partial charge in [0, 0.05) is 23.7 Å². The molecule has 7 nitrogen and oxygen atoms in total. The molecule has 0 saturated carbocycles. The van der Waals surface area contributed by atoms with Crippen LogP contribution in [0.3, 0.4) is 0 Å². The highest BCUT2D eigenvalue weighted by molar-refractivity contribution is 5.68. The molecule has 1 aromatic heterocycles. The molecule has 0 spiro atoms. The standard InChI is InChI=1S/C20H28N4O3/c1-4-5-9-15(12-18(25)26)23-19-16(13(2)22-20(21)24-19)11-14-8-6-7-10-17(14)27-3/h6-8,10,15H,4-5,9,11-12H2,1-3H3,(H,25,26)(H3,21,22,23,24)/t15-/m0/s1. The van der Waals surface area contributed by atoms with Crippen molar-refractivity contribution in [2.75, 3.05) is 18.2 Å². The zero-order valence-corrected chi connectivity index (χ0v) is 16.2. The third-order valence-electron chi connectivity index (χ3n) is 4.46. The van der Waals surface area contributed by atoms with Gasteiger partial charge in [-0.05, 0) is 25.0 Å². The van der Waals surface area contributed by atoms with Gasteiger partial charge in [-0.25, -0.2) is 4.98 Å². The molecule has 0 aliphatic rings. The second kappa shape index (κ2) is 9.75. The Morgan fingerprint density at radius 2 is 2.07 bits per heavy atom. The highest BCUT2D eigenvalue weighted by atomic mass is 16.5. The molecule has 0 aliphatic heterocycles. The van der Waals surface area contributed by atoms with Crippen molar-refractivity contribution >= 4 is 17.7 Å². The highest BCUT2D eigenvalue weighted by Gasteiger charge is 2.18. The molecule has 0 fully saturated rings. The average molecular weight is 372 g/mol. The number of aryl methyl sites for hydroxylation is 1. The van der Waals surface area contributed by atoms with Crippen LogP contribution in [0.25, 0.3) is 0 Å². The van der Waals surface area contributed by atoms with Crippen LogP contribution >= 0.6 is 0 Å². The lowest BCUT2D eigenvalue weighted by Gasteiger charge is -2.21. The van der Waals surface area contributed by atoms with E-state index in [1.165, 1.54) is 0 Å². The number of aromatic nitrogens is 2. The Bertz CT molecular complexity index is 780. The minimum Gasteiger partial charge on any atom is -0.496 e. The van der Waals surface area contributed by atoms with Crippen molar-refractivity contribution in [1.29, 1.82) is 0 Å². The van der Waals surface area contributed by atoms with Gasteiger partial charge in [-0.15, -0.1) is 0 Å². The fourth-order valence-electron chi connectivity index (χ4n) is 3.07. The zero-order valence-electron chi connectivity index (χ0n) is 16.2. The smallest absolute Gasteiger partial charge is 0.305 e. The maximum absolute atomic E-state index is 11.2. The summed E-state index contributed by atoms with van der Waals surface area (Å²) in [6, 6.07) is 7.55. The van der Waals surface area contributed by atoms with Crippen molar-refractivity contribution < 1.29 is 14.6 Å². The largest absolute Gasteiger partial charge is 0.496 e. The van der Waals surface area contributed by atoms with Crippen LogP contribution in [0.1, 0.15) is 49.4 Å². The van der Waals surface area contributed by atoms with Crippen LogP contribution in [0.2, 0.25) is 0 Å². The number of carboxylic acid groups (broad SMARTS) is 1. The second-order valence-electron chi connectivity index (χ2n) is 6.56. The minimum absolute atomic E-state index is 0.0249. The number of carbonyl (C=O) groups is 1. The first kappa shape index (κ1) is 20.5. The maximum atomic E-state index is 11.2. The molecule has 2 rings (SSSR count). The van der Waals surface area contributed by atoms with E-state index in [-0.39, 0.29) is 18.4 Å². The topological polar surface area (TPSA) is 110 Å². The number of carboxylic acids is 1. The molecule has 4 N–H and O–H groups in total. The number of ether oxygens (including phenoxy) is 1. The number of benzene rings is 1. The number of nitrogens with two attached hydrogens (primary N) is 1. The van der Waals surface area contributed by atoms with Crippen LogP contribution in [-0.2, 0) is 11.2 Å². The number of nitrogen functional groups attached to an aromatic ring is 1. The molecule has 0 radical (unpaired) electrons. The van der Waals surface area contributed by atoms with Crippen LogP contribution < -0.4 is 15.8 Å². The van der Waals surface area contributed by atoms with E-state index in [0.717, 1.165) is 41.8 Å². The van der Waals surface area contributed by atoms with Crippen molar-refractivity contribution in [3.8, 4) is 5.75 Å². The number of anilines is 2. The molecule has 0 saturated heterocycles. The molecule has 7 heteroatoms.